The van der Waals surface area contributed by atoms with E-state index in [0.29, 0.717) is 5.02 Å². The van der Waals surface area contributed by atoms with E-state index in [1.165, 1.54) is 10.8 Å². The van der Waals surface area contributed by atoms with Crippen molar-refractivity contribution in [2.75, 3.05) is 6.26 Å². The summed E-state index contributed by atoms with van der Waals surface area (Å²) in [7, 11) is 0.116. The van der Waals surface area contributed by atoms with E-state index < -0.39 is 10.2 Å². The molecule has 0 bridgehead atoms. The van der Waals surface area contributed by atoms with Gasteiger partial charge in [-0.1, -0.05) is 47.2 Å². The van der Waals surface area contributed by atoms with Gasteiger partial charge in [0.05, 0.1) is 31.2 Å². The molecule has 1 atom stereocenters. The van der Waals surface area contributed by atoms with E-state index in [4.69, 9.17) is 16.6 Å². The van der Waals surface area contributed by atoms with Gasteiger partial charge in [0.1, 0.15) is 5.69 Å². The Hall–Kier alpha value is -1.18. The largest absolute Gasteiger partial charge is 0.599 e. The number of hydrogen-bond acceptors (Lipinski definition) is 4. The fraction of sp³-hybridized carbons (Fsp3) is 0.0625. The Balaban J connectivity index is 2.06. The van der Waals surface area contributed by atoms with Crippen LogP contribution in [-0.2, 0) is 10.2 Å². The average Bonchev–Trinajstić information content (AvgIpc) is 3.10. The van der Waals surface area contributed by atoms with Gasteiger partial charge in [-0.15, -0.1) is 0 Å². The normalized spacial score (nSPS) is 13.0. The standard InChI is InChI=1S/C16H11ClN2OS3/c1-21-23(20)15-14(10-6-8-11(17)9-7-10)18-16-19(15)12-4-2-3-5-13(12)22-16/h2-9H,1H3. The van der Waals surface area contributed by atoms with Gasteiger partial charge in [0.15, 0.2) is 4.96 Å². The molecular formula is C16H11ClN2OS3. The molecule has 0 N–H and O–H groups in total. The number of fused-ring (bicyclic) bond motifs is 3. The summed E-state index contributed by atoms with van der Waals surface area (Å²) in [4.78, 5) is 5.61. The van der Waals surface area contributed by atoms with Gasteiger partial charge in [-0.2, -0.15) is 0 Å². The smallest absolute Gasteiger partial charge is 0.272 e. The maximum Gasteiger partial charge on any atom is 0.272 e. The maximum atomic E-state index is 12.7. The highest BCUT2D eigenvalue weighted by atomic mass is 35.5. The zero-order valence-corrected chi connectivity index (χ0v) is 15.2. The van der Waals surface area contributed by atoms with Crippen LogP contribution < -0.4 is 0 Å². The van der Waals surface area contributed by atoms with E-state index in [0.717, 1.165) is 31.5 Å². The van der Waals surface area contributed by atoms with Gasteiger partial charge in [-0.25, -0.2) is 9.38 Å². The lowest BCUT2D eigenvalue weighted by atomic mass is 10.2. The first-order valence-corrected chi connectivity index (χ1v) is 10.9. The molecule has 0 aliphatic carbocycles. The van der Waals surface area contributed by atoms with Crippen LogP contribution >= 0.6 is 33.7 Å². The Bertz CT molecular complexity index is 994. The van der Waals surface area contributed by atoms with Gasteiger partial charge in [0.2, 0.25) is 0 Å². The summed E-state index contributed by atoms with van der Waals surface area (Å²) < 4.78 is 15.8. The van der Waals surface area contributed by atoms with E-state index >= 15 is 0 Å². The van der Waals surface area contributed by atoms with E-state index in [9.17, 15) is 4.55 Å². The molecule has 2 aromatic carbocycles. The zero-order valence-electron chi connectivity index (χ0n) is 12.0. The van der Waals surface area contributed by atoms with Crippen LogP contribution in [0.25, 0.3) is 26.4 Å². The molecule has 0 saturated carbocycles. The Morgan fingerprint density at radius 2 is 1.91 bits per heavy atom. The fourth-order valence-electron chi connectivity index (χ4n) is 2.52. The molecule has 0 aliphatic heterocycles. The summed E-state index contributed by atoms with van der Waals surface area (Å²) >= 11 is 7.58. The van der Waals surface area contributed by atoms with Crippen molar-refractivity contribution >= 4 is 59.1 Å². The van der Waals surface area contributed by atoms with Crippen molar-refractivity contribution in [2.45, 2.75) is 5.03 Å². The molecule has 7 heteroatoms. The molecule has 0 amide bonds. The average molecular weight is 379 g/mol. The second-order valence-corrected chi connectivity index (χ2v) is 9.40. The van der Waals surface area contributed by atoms with Crippen LogP contribution in [0.4, 0.5) is 0 Å². The topological polar surface area (TPSA) is 40.4 Å². The molecule has 1 unspecified atom stereocenters. The van der Waals surface area contributed by atoms with Gasteiger partial charge in [0, 0.05) is 16.8 Å². The predicted octanol–water partition coefficient (Wildman–Crippen LogP) is 5.26. The number of hydrogen-bond donors (Lipinski definition) is 0. The molecule has 2 aromatic heterocycles. The second-order valence-electron chi connectivity index (χ2n) is 4.86. The number of nitrogens with zero attached hydrogens (tertiary/aromatic N) is 2. The highest BCUT2D eigenvalue weighted by Gasteiger charge is 2.27. The maximum absolute atomic E-state index is 12.7. The van der Waals surface area contributed by atoms with Crippen LogP contribution in [0.5, 0.6) is 0 Å². The zero-order chi connectivity index (χ0) is 16.0. The lowest BCUT2D eigenvalue weighted by molar-refractivity contribution is 0.606. The number of benzene rings is 2. The SMILES string of the molecule is CS[S+]([O-])c1c(-c2ccc(Cl)cc2)nc2sc3ccccc3n12. The van der Waals surface area contributed by atoms with Crippen LogP contribution in [0, 0.1) is 0 Å². The number of imidazole rings is 1. The summed E-state index contributed by atoms with van der Waals surface area (Å²) in [5.41, 5.74) is 2.72. The molecule has 0 aliphatic rings. The van der Waals surface area contributed by atoms with Crippen molar-refractivity contribution in [1.29, 1.82) is 0 Å². The van der Waals surface area contributed by atoms with Gasteiger partial charge >= 0.3 is 0 Å². The van der Waals surface area contributed by atoms with Gasteiger partial charge in [-0.05, 0) is 24.3 Å². The molecule has 4 aromatic rings. The van der Waals surface area contributed by atoms with Crippen molar-refractivity contribution in [3.05, 3.63) is 53.6 Å². The first kappa shape index (κ1) is 15.4. The van der Waals surface area contributed by atoms with Crippen LogP contribution in [0.2, 0.25) is 5.02 Å². The van der Waals surface area contributed by atoms with Gasteiger partial charge < -0.3 is 4.55 Å². The highest BCUT2D eigenvalue weighted by molar-refractivity contribution is 8.71. The summed E-state index contributed by atoms with van der Waals surface area (Å²) in [6.45, 7) is 0. The lowest BCUT2D eigenvalue weighted by Gasteiger charge is -2.07. The monoisotopic (exact) mass is 378 g/mol. The van der Waals surface area contributed by atoms with Crippen LogP contribution in [0.1, 0.15) is 0 Å². The first-order valence-electron chi connectivity index (χ1n) is 6.81. The predicted molar refractivity (Wildman–Crippen MR) is 101 cm³/mol. The Morgan fingerprint density at radius 3 is 2.65 bits per heavy atom. The Labute approximate surface area is 148 Å². The van der Waals surface area contributed by atoms with Crippen molar-refractivity contribution in [3.63, 3.8) is 0 Å². The highest BCUT2D eigenvalue weighted by Crippen LogP contribution is 2.38. The summed E-state index contributed by atoms with van der Waals surface area (Å²) in [6.07, 6.45) is 1.84. The Kier molecular flexibility index (Phi) is 4.03. The quantitative estimate of drug-likeness (QED) is 0.361. The third-order valence-electron chi connectivity index (χ3n) is 3.54. The third-order valence-corrected chi connectivity index (χ3v) is 7.19. The summed E-state index contributed by atoms with van der Waals surface area (Å²) in [5, 5.41) is 1.40. The van der Waals surface area contributed by atoms with Crippen LogP contribution in [0.15, 0.2) is 53.6 Å². The molecule has 0 fully saturated rings. The van der Waals surface area contributed by atoms with Gasteiger partial charge in [0.25, 0.3) is 5.03 Å². The van der Waals surface area contributed by atoms with Crippen molar-refractivity contribution in [3.8, 4) is 11.3 Å². The number of thiazole rings is 1. The molecule has 3 nitrogen and oxygen atoms in total. The minimum Gasteiger partial charge on any atom is -0.599 e. The molecule has 0 spiro atoms. The number of rotatable bonds is 3. The third kappa shape index (κ3) is 2.55. The van der Waals surface area contributed by atoms with E-state index in [2.05, 4.69) is 6.07 Å². The molecule has 0 saturated heterocycles. The van der Waals surface area contributed by atoms with E-state index in [-0.39, 0.29) is 0 Å². The van der Waals surface area contributed by atoms with Gasteiger partial charge in [-0.3, -0.25) is 0 Å². The van der Waals surface area contributed by atoms with Crippen molar-refractivity contribution in [2.24, 2.45) is 0 Å². The number of para-hydroxylation sites is 1. The molecule has 2 heterocycles. The summed E-state index contributed by atoms with van der Waals surface area (Å²) in [5.74, 6) is 0. The van der Waals surface area contributed by atoms with E-state index in [1.54, 1.807) is 11.3 Å². The Morgan fingerprint density at radius 1 is 1.17 bits per heavy atom. The lowest BCUT2D eigenvalue weighted by Crippen LogP contribution is -2.01. The molecule has 0 radical (unpaired) electrons. The first-order chi connectivity index (χ1) is 11.2. The fourth-order valence-corrected chi connectivity index (χ4v) is 5.48. The number of aromatic nitrogens is 2. The molecular weight excluding hydrogens is 368 g/mol. The molecule has 23 heavy (non-hydrogen) atoms. The minimum atomic E-state index is -1.19. The van der Waals surface area contributed by atoms with Crippen LogP contribution in [0.3, 0.4) is 0 Å². The summed E-state index contributed by atoms with van der Waals surface area (Å²) in [6, 6.07) is 15.6. The molecule has 4 rings (SSSR count). The van der Waals surface area contributed by atoms with Crippen molar-refractivity contribution < 1.29 is 4.55 Å². The number of halogens is 1. The minimum absolute atomic E-state index is 0.674. The van der Waals surface area contributed by atoms with E-state index in [1.807, 2.05) is 53.1 Å². The second kappa shape index (κ2) is 6.03. The van der Waals surface area contributed by atoms with Crippen molar-refractivity contribution in [1.82, 2.24) is 9.38 Å². The van der Waals surface area contributed by atoms with Crippen LogP contribution in [-0.4, -0.2) is 20.2 Å². The molecule has 116 valence electrons.